The Hall–Kier alpha value is 0.01000. The van der Waals surface area contributed by atoms with Gasteiger partial charge in [-0.2, -0.15) is 13.2 Å². The first kappa shape index (κ1) is 11.0. The number of rotatable bonds is 4. The molecule has 0 heterocycles. The van der Waals surface area contributed by atoms with Crippen molar-refractivity contribution in [1.82, 2.24) is 0 Å². The van der Waals surface area contributed by atoms with E-state index < -0.39 is 12.6 Å². The highest BCUT2D eigenvalue weighted by Crippen LogP contribution is 2.27. The summed E-state index contributed by atoms with van der Waals surface area (Å²) in [7, 11) is 0. The van der Waals surface area contributed by atoms with Crippen molar-refractivity contribution in [3.8, 4) is 0 Å². The van der Waals surface area contributed by atoms with Gasteiger partial charge in [0.1, 0.15) is 0 Å². The molecule has 0 aromatic heterocycles. The van der Waals surface area contributed by atoms with E-state index in [0.717, 1.165) is 0 Å². The van der Waals surface area contributed by atoms with Crippen LogP contribution >= 0.6 is 15.9 Å². The van der Waals surface area contributed by atoms with Crippen LogP contribution in [0.25, 0.3) is 0 Å². The van der Waals surface area contributed by atoms with Crippen LogP contribution in [0.3, 0.4) is 0 Å². The minimum Gasteiger partial charge on any atom is -0.171 e. The van der Waals surface area contributed by atoms with E-state index in [2.05, 4.69) is 22.5 Å². The van der Waals surface area contributed by atoms with E-state index >= 15 is 0 Å². The predicted molar refractivity (Wildman–Crippen MR) is 42.8 cm³/mol. The molecule has 0 radical (unpaired) electrons. The molecule has 0 bridgehead atoms. The molecule has 0 aliphatic rings. The summed E-state index contributed by atoms with van der Waals surface area (Å²) >= 11 is 3.02. The van der Waals surface area contributed by atoms with Gasteiger partial charge in [0.05, 0.1) is 0 Å². The van der Waals surface area contributed by atoms with E-state index in [9.17, 15) is 13.2 Å². The van der Waals surface area contributed by atoms with Crippen molar-refractivity contribution >= 4 is 15.9 Å². The summed E-state index contributed by atoms with van der Waals surface area (Å²) < 4.78 is 35.3. The van der Waals surface area contributed by atoms with Gasteiger partial charge in [-0.15, -0.1) is 6.58 Å². The average Bonchev–Trinajstić information content (AvgIpc) is 1.84. The van der Waals surface area contributed by atoms with Crippen molar-refractivity contribution in [2.24, 2.45) is 5.92 Å². The Morgan fingerprint density at radius 3 is 2.27 bits per heavy atom. The monoisotopic (exact) mass is 230 g/mol. The molecule has 0 spiro atoms. The first-order valence-electron chi connectivity index (χ1n) is 3.23. The lowest BCUT2D eigenvalue weighted by Crippen LogP contribution is -2.15. The fraction of sp³-hybridized carbons (Fsp3) is 0.714. The van der Waals surface area contributed by atoms with Gasteiger partial charge in [0.25, 0.3) is 0 Å². The van der Waals surface area contributed by atoms with Crippen LogP contribution in [0, 0.1) is 5.92 Å². The highest BCUT2D eigenvalue weighted by atomic mass is 79.9. The van der Waals surface area contributed by atoms with Crippen molar-refractivity contribution in [1.29, 1.82) is 0 Å². The van der Waals surface area contributed by atoms with E-state index in [0.29, 0.717) is 11.8 Å². The summed E-state index contributed by atoms with van der Waals surface area (Å²) in [4.78, 5) is 0. The van der Waals surface area contributed by atoms with Crippen LogP contribution in [0.1, 0.15) is 12.8 Å². The second-order valence-corrected chi connectivity index (χ2v) is 3.01. The topological polar surface area (TPSA) is 0 Å². The molecule has 1 atom stereocenters. The van der Waals surface area contributed by atoms with Gasteiger partial charge >= 0.3 is 6.18 Å². The number of hydrogen-bond donors (Lipinski definition) is 0. The quantitative estimate of drug-likeness (QED) is 0.512. The van der Waals surface area contributed by atoms with Crippen LogP contribution in [-0.4, -0.2) is 11.5 Å². The van der Waals surface area contributed by atoms with Crippen molar-refractivity contribution in [3.05, 3.63) is 12.7 Å². The van der Waals surface area contributed by atoms with Gasteiger partial charge in [-0.05, 0) is 12.3 Å². The molecule has 4 heteroatoms. The third-order valence-corrected chi connectivity index (χ3v) is 2.15. The lowest BCUT2D eigenvalue weighted by atomic mass is 10.0. The van der Waals surface area contributed by atoms with Crippen molar-refractivity contribution in [2.45, 2.75) is 19.0 Å². The predicted octanol–water partition coefficient (Wildman–Crippen LogP) is 3.53. The lowest BCUT2D eigenvalue weighted by Gasteiger charge is -2.13. The number of allylic oxidation sites excluding steroid dienone is 1. The molecule has 0 aromatic rings. The zero-order chi connectivity index (χ0) is 8.91. The number of halogens is 4. The molecule has 11 heavy (non-hydrogen) atoms. The zero-order valence-electron chi connectivity index (χ0n) is 5.99. The molecular weight excluding hydrogens is 221 g/mol. The molecule has 0 unspecified atom stereocenters. The largest absolute Gasteiger partial charge is 0.389 e. The number of hydrogen-bond acceptors (Lipinski definition) is 0. The minimum atomic E-state index is -4.05. The molecule has 0 aliphatic carbocycles. The van der Waals surface area contributed by atoms with E-state index in [1.807, 2.05) is 0 Å². The maximum Gasteiger partial charge on any atom is 0.389 e. The highest BCUT2D eigenvalue weighted by Gasteiger charge is 2.30. The molecule has 66 valence electrons. The van der Waals surface area contributed by atoms with Crippen molar-refractivity contribution < 1.29 is 13.2 Å². The molecule has 0 saturated carbocycles. The smallest absolute Gasteiger partial charge is 0.171 e. The van der Waals surface area contributed by atoms with Crippen molar-refractivity contribution in [2.75, 3.05) is 5.33 Å². The zero-order valence-corrected chi connectivity index (χ0v) is 7.58. The Morgan fingerprint density at radius 2 is 2.00 bits per heavy atom. The Bertz CT molecular complexity index is 119. The number of alkyl halides is 4. The van der Waals surface area contributed by atoms with Gasteiger partial charge in [-0.25, -0.2) is 0 Å². The fourth-order valence-corrected chi connectivity index (χ4v) is 1.26. The minimum absolute atomic E-state index is 0.368. The van der Waals surface area contributed by atoms with E-state index in [4.69, 9.17) is 0 Å². The van der Waals surface area contributed by atoms with Gasteiger partial charge in [-0.3, -0.25) is 0 Å². The van der Waals surface area contributed by atoms with Gasteiger partial charge in [-0.1, -0.05) is 22.0 Å². The van der Waals surface area contributed by atoms with Crippen LogP contribution in [0.5, 0.6) is 0 Å². The third kappa shape index (κ3) is 6.41. The Morgan fingerprint density at radius 1 is 1.45 bits per heavy atom. The average molecular weight is 231 g/mol. The molecule has 0 aromatic carbocycles. The maximum absolute atomic E-state index is 11.8. The molecule has 0 aliphatic heterocycles. The second kappa shape index (κ2) is 4.80. The molecule has 0 amide bonds. The Balaban J connectivity index is 3.77. The first-order chi connectivity index (χ1) is 4.99. The van der Waals surface area contributed by atoms with E-state index in [1.165, 1.54) is 6.08 Å². The molecular formula is C7H10BrF3. The second-order valence-electron chi connectivity index (χ2n) is 2.36. The van der Waals surface area contributed by atoms with Gasteiger partial charge in [0.15, 0.2) is 0 Å². The highest BCUT2D eigenvalue weighted by molar-refractivity contribution is 9.09. The van der Waals surface area contributed by atoms with Crippen LogP contribution in [0.15, 0.2) is 12.7 Å². The van der Waals surface area contributed by atoms with Crippen LogP contribution < -0.4 is 0 Å². The summed E-state index contributed by atoms with van der Waals surface area (Å²) in [5.41, 5.74) is 0. The maximum atomic E-state index is 11.8. The van der Waals surface area contributed by atoms with E-state index in [1.54, 1.807) is 0 Å². The summed E-state index contributed by atoms with van der Waals surface area (Å²) in [6.45, 7) is 3.39. The van der Waals surface area contributed by atoms with Crippen LogP contribution in [0.4, 0.5) is 13.2 Å². The summed E-state index contributed by atoms with van der Waals surface area (Å²) in [6, 6.07) is 0. The van der Waals surface area contributed by atoms with Gasteiger partial charge in [0.2, 0.25) is 0 Å². The third-order valence-electron chi connectivity index (χ3n) is 1.24. The molecule has 0 rings (SSSR count). The van der Waals surface area contributed by atoms with Gasteiger partial charge < -0.3 is 0 Å². The fourth-order valence-electron chi connectivity index (χ4n) is 0.764. The molecule has 0 saturated heterocycles. The normalized spacial score (nSPS) is 14.5. The van der Waals surface area contributed by atoms with E-state index in [-0.39, 0.29) is 5.92 Å². The SMILES string of the molecule is C=CC[C@H](CBr)CC(F)(F)F. The Labute approximate surface area is 72.6 Å². The molecule has 0 nitrogen and oxygen atoms in total. The first-order valence-corrected chi connectivity index (χ1v) is 4.35. The van der Waals surface area contributed by atoms with Crippen molar-refractivity contribution in [3.63, 3.8) is 0 Å². The van der Waals surface area contributed by atoms with Crippen LogP contribution in [-0.2, 0) is 0 Å². The standard InChI is InChI=1S/C7H10BrF3/c1-2-3-6(5-8)4-7(9,10)11/h2,6H,1,3-5H2/t6-/m0/s1. The summed E-state index contributed by atoms with van der Waals surface area (Å²) in [6.07, 6.45) is -2.87. The molecule has 0 fully saturated rings. The summed E-state index contributed by atoms with van der Waals surface area (Å²) in [5.74, 6) is -0.368. The van der Waals surface area contributed by atoms with Gasteiger partial charge in [0, 0.05) is 11.8 Å². The summed E-state index contributed by atoms with van der Waals surface area (Å²) in [5, 5.41) is 0.374. The lowest BCUT2D eigenvalue weighted by molar-refractivity contribution is -0.142. The molecule has 0 N–H and O–H groups in total. The Kier molecular flexibility index (Phi) is 4.81. The van der Waals surface area contributed by atoms with Crippen LogP contribution in [0.2, 0.25) is 0 Å².